The van der Waals surface area contributed by atoms with Crippen molar-refractivity contribution < 1.29 is 33.8 Å². The molecule has 4 aliphatic heterocycles. The highest BCUT2D eigenvalue weighted by Crippen LogP contribution is 2.54. The Labute approximate surface area is 262 Å². The van der Waals surface area contributed by atoms with Crippen LogP contribution in [0.2, 0.25) is 0 Å². The normalized spacial score (nSPS) is 31.5. The Balaban J connectivity index is 1.45. The van der Waals surface area contributed by atoms with E-state index in [1.165, 1.54) is 4.90 Å². The zero-order chi connectivity index (χ0) is 31.9. The molecule has 4 aliphatic rings. The van der Waals surface area contributed by atoms with Crippen molar-refractivity contribution in [3.63, 3.8) is 0 Å². The number of amides is 3. The van der Waals surface area contributed by atoms with Crippen molar-refractivity contribution in [1.29, 1.82) is 0 Å². The summed E-state index contributed by atoms with van der Waals surface area (Å²) in [4.78, 5) is 58.9. The lowest BCUT2D eigenvalue weighted by Crippen LogP contribution is -2.57. The molecule has 2 fully saturated rings. The first-order valence-electron chi connectivity index (χ1n) is 15.5. The number of aliphatic hydroxyl groups excluding tert-OH is 1. The number of hydrogen-bond donors (Lipinski definition) is 2. The van der Waals surface area contributed by atoms with Gasteiger partial charge in [-0.25, -0.2) is 0 Å². The molecule has 10 nitrogen and oxygen atoms in total. The van der Waals surface area contributed by atoms with E-state index in [1.807, 2.05) is 68.5 Å². The Hall–Kier alpha value is -4.28. The number of anilines is 1. The van der Waals surface area contributed by atoms with Crippen LogP contribution in [0, 0.1) is 25.7 Å². The number of esters is 1. The number of carbonyl (C=O) groups is 4. The highest BCUT2D eigenvalue weighted by atomic mass is 16.6. The van der Waals surface area contributed by atoms with Crippen molar-refractivity contribution in [3.8, 4) is 0 Å². The molecular weight excluding hydrogens is 574 g/mol. The number of carbonyl (C=O) groups excluding carboxylic acids is 4. The summed E-state index contributed by atoms with van der Waals surface area (Å²) in [5, 5.41) is 13.1. The Bertz CT molecular complexity index is 1560. The third-order valence-corrected chi connectivity index (χ3v) is 9.38. The molecule has 10 heteroatoms. The molecule has 0 saturated carbocycles. The first-order chi connectivity index (χ1) is 21.7. The van der Waals surface area contributed by atoms with Crippen LogP contribution in [-0.4, -0.2) is 77.2 Å². The largest absolute Gasteiger partial charge is 0.455 e. The number of aryl methyl sites for hydroxylation is 2. The minimum Gasteiger partial charge on any atom is -0.455 e. The highest BCUT2D eigenvalue weighted by molar-refractivity contribution is 6.06. The first-order valence-corrected chi connectivity index (χ1v) is 15.5. The van der Waals surface area contributed by atoms with Gasteiger partial charge in [0.1, 0.15) is 23.7 Å². The fourth-order valence-corrected chi connectivity index (χ4v) is 7.13. The molecule has 0 unspecified atom stereocenters. The van der Waals surface area contributed by atoms with Gasteiger partial charge in [0.05, 0.1) is 31.2 Å². The topological polar surface area (TPSA) is 125 Å². The third kappa shape index (κ3) is 5.36. The number of fused-ring (bicyclic) bond motifs is 2. The van der Waals surface area contributed by atoms with Crippen LogP contribution < -0.4 is 10.2 Å². The molecule has 0 aromatic heterocycles. The Kier molecular flexibility index (Phi) is 8.37. The van der Waals surface area contributed by atoms with Gasteiger partial charge in [-0.05, 0) is 49.9 Å². The van der Waals surface area contributed by atoms with Gasteiger partial charge < -0.3 is 29.7 Å². The second-order valence-electron chi connectivity index (χ2n) is 12.4. The molecule has 0 bridgehead atoms. The molecular formula is C35H39N3O7. The van der Waals surface area contributed by atoms with Crippen LogP contribution in [0.5, 0.6) is 0 Å². The SMILES string of the molecule is Cc1ccc(C)c(N2CC=C[C@@]34O[C@H]5/C=C\CCC(=O)NC[C@H](c6ccccc6)OC(=O)[C@H]5[C@@H]3C(=O)N([C@H](C)CO)[C@H]4C2=O)c1. The van der Waals surface area contributed by atoms with E-state index in [0.717, 1.165) is 16.8 Å². The lowest BCUT2D eigenvalue weighted by atomic mass is 9.77. The number of likely N-dealkylation sites (tertiary alicyclic amines) is 1. The lowest BCUT2D eigenvalue weighted by molar-refractivity contribution is -0.160. The van der Waals surface area contributed by atoms with Gasteiger partial charge in [-0.3, -0.25) is 19.2 Å². The first kappa shape index (κ1) is 30.7. The number of nitrogens with zero attached hydrogens (tertiary/aromatic N) is 2. The van der Waals surface area contributed by atoms with Crippen molar-refractivity contribution in [3.05, 3.63) is 89.5 Å². The van der Waals surface area contributed by atoms with E-state index in [1.54, 1.807) is 30.1 Å². The minimum atomic E-state index is -1.49. The quantitative estimate of drug-likeness (QED) is 0.401. The van der Waals surface area contributed by atoms with Gasteiger partial charge in [0, 0.05) is 18.7 Å². The fraction of sp³-hybridized carbons (Fsp3) is 0.429. The number of rotatable bonds is 4. The van der Waals surface area contributed by atoms with Crippen LogP contribution in [0.25, 0.3) is 0 Å². The summed E-state index contributed by atoms with van der Waals surface area (Å²) < 4.78 is 12.8. The molecule has 0 aliphatic carbocycles. The van der Waals surface area contributed by atoms with Gasteiger partial charge in [0.25, 0.3) is 5.91 Å². The van der Waals surface area contributed by atoms with E-state index < -0.39 is 53.6 Å². The molecule has 1 spiro atoms. The predicted molar refractivity (Wildman–Crippen MR) is 166 cm³/mol. The molecule has 2 aromatic carbocycles. The number of allylic oxidation sites excluding steroid dienone is 1. The predicted octanol–water partition coefficient (Wildman–Crippen LogP) is 2.92. The van der Waals surface area contributed by atoms with Gasteiger partial charge in [0.15, 0.2) is 0 Å². The standard InChI is InChI=1S/C35H39N3O7/c1-21-14-15-22(2)25(18-21)37-17-9-16-35-30(32(41)38(23(3)20-39)31(35)33(37)42)29-26(45-35)12-7-8-13-28(40)36-19-27(44-34(29)43)24-10-5-4-6-11-24/h4-7,9-12,14-16,18,23,26-27,29-31,39H,8,13,17,19-20H2,1-3H3,(H,36,40)/b12-7-/t23-,26+,27-,29-,30-,31+,35-/m1/s1. The maximum atomic E-state index is 14.7. The summed E-state index contributed by atoms with van der Waals surface area (Å²) in [5.74, 6) is -3.78. The average molecular weight is 614 g/mol. The highest BCUT2D eigenvalue weighted by Gasteiger charge is 2.72. The molecule has 3 amide bonds. The van der Waals surface area contributed by atoms with Crippen molar-refractivity contribution >= 4 is 29.4 Å². The summed E-state index contributed by atoms with van der Waals surface area (Å²) in [6, 6.07) is 13.1. The molecule has 7 atom stereocenters. The van der Waals surface area contributed by atoms with Crippen LogP contribution in [0.1, 0.15) is 42.6 Å². The van der Waals surface area contributed by atoms with Crippen molar-refractivity contribution in [2.75, 3.05) is 24.6 Å². The van der Waals surface area contributed by atoms with Crippen LogP contribution in [0.3, 0.4) is 0 Å². The number of benzene rings is 2. The zero-order valence-corrected chi connectivity index (χ0v) is 25.7. The molecule has 6 rings (SSSR count). The molecule has 4 heterocycles. The summed E-state index contributed by atoms with van der Waals surface area (Å²) in [7, 11) is 0. The number of cyclic esters (lactones) is 1. The van der Waals surface area contributed by atoms with E-state index >= 15 is 0 Å². The summed E-state index contributed by atoms with van der Waals surface area (Å²) in [6.45, 7) is 5.50. The maximum Gasteiger partial charge on any atom is 0.313 e. The summed E-state index contributed by atoms with van der Waals surface area (Å²) >= 11 is 0. The van der Waals surface area contributed by atoms with Gasteiger partial charge >= 0.3 is 5.97 Å². The molecule has 236 valence electrons. The Morgan fingerprint density at radius 1 is 1.04 bits per heavy atom. The summed E-state index contributed by atoms with van der Waals surface area (Å²) in [6.07, 6.45) is 6.02. The maximum absolute atomic E-state index is 14.7. The van der Waals surface area contributed by atoms with Crippen LogP contribution in [0.15, 0.2) is 72.8 Å². The Morgan fingerprint density at radius 3 is 2.58 bits per heavy atom. The fourth-order valence-electron chi connectivity index (χ4n) is 7.13. The lowest BCUT2D eigenvalue weighted by Gasteiger charge is -2.37. The molecule has 0 radical (unpaired) electrons. The smallest absolute Gasteiger partial charge is 0.313 e. The van der Waals surface area contributed by atoms with Crippen molar-refractivity contribution in [1.82, 2.24) is 10.2 Å². The van der Waals surface area contributed by atoms with Gasteiger partial charge in [-0.1, -0.05) is 66.8 Å². The van der Waals surface area contributed by atoms with Crippen LogP contribution in [0.4, 0.5) is 5.69 Å². The second-order valence-corrected chi connectivity index (χ2v) is 12.4. The molecule has 2 saturated heterocycles. The molecule has 45 heavy (non-hydrogen) atoms. The molecule has 2 aromatic rings. The van der Waals surface area contributed by atoms with E-state index in [4.69, 9.17) is 9.47 Å². The van der Waals surface area contributed by atoms with Gasteiger partial charge in [0.2, 0.25) is 11.8 Å². The van der Waals surface area contributed by atoms with E-state index in [9.17, 15) is 24.3 Å². The number of ether oxygens (including phenoxy) is 2. The number of nitrogens with one attached hydrogen (secondary N) is 1. The van der Waals surface area contributed by atoms with E-state index in [-0.39, 0.29) is 37.9 Å². The van der Waals surface area contributed by atoms with Crippen molar-refractivity contribution in [2.24, 2.45) is 11.8 Å². The average Bonchev–Trinajstić information content (AvgIpc) is 3.43. The number of aliphatic hydroxyl groups is 1. The van der Waals surface area contributed by atoms with Gasteiger partial charge in [-0.2, -0.15) is 0 Å². The van der Waals surface area contributed by atoms with Crippen LogP contribution in [-0.2, 0) is 28.7 Å². The van der Waals surface area contributed by atoms with Crippen LogP contribution >= 0.6 is 0 Å². The monoisotopic (exact) mass is 613 g/mol. The Morgan fingerprint density at radius 2 is 1.82 bits per heavy atom. The third-order valence-electron chi connectivity index (χ3n) is 9.38. The van der Waals surface area contributed by atoms with Crippen molar-refractivity contribution in [2.45, 2.75) is 63.5 Å². The molecule has 2 N–H and O–H groups in total. The minimum absolute atomic E-state index is 0.0692. The van der Waals surface area contributed by atoms with E-state index in [0.29, 0.717) is 12.0 Å². The second kappa shape index (κ2) is 12.3. The van der Waals surface area contributed by atoms with E-state index in [2.05, 4.69) is 5.32 Å². The zero-order valence-electron chi connectivity index (χ0n) is 25.7. The van der Waals surface area contributed by atoms with Gasteiger partial charge in [-0.15, -0.1) is 0 Å². The summed E-state index contributed by atoms with van der Waals surface area (Å²) in [5.41, 5.74) is 1.82. The number of hydrogen-bond acceptors (Lipinski definition) is 7.